The molecule has 1 fully saturated rings. The highest BCUT2D eigenvalue weighted by Gasteiger charge is 2.42. The molecule has 2 heterocycles. The number of amides is 2. The number of fused-ring (bicyclic) bond motifs is 1. The molecule has 2 N–H and O–H groups in total. The van der Waals surface area contributed by atoms with E-state index in [1.54, 1.807) is 0 Å². The van der Waals surface area contributed by atoms with E-state index >= 15 is 0 Å². The maximum atomic E-state index is 11.0. The van der Waals surface area contributed by atoms with Crippen molar-refractivity contribution in [3.63, 3.8) is 0 Å². The molecule has 2 aliphatic heterocycles. The summed E-state index contributed by atoms with van der Waals surface area (Å²) in [5.41, 5.74) is 2.44. The number of carbonyl (C=O) groups is 1. The summed E-state index contributed by atoms with van der Waals surface area (Å²) >= 11 is 0. The molecule has 2 amide bonds. The number of hydrogen-bond acceptors (Lipinski definition) is 6. The molecule has 68 valence electrons. The molecular weight excluding hydrogens is 180 g/mol. The molecule has 9 heteroatoms. The average molecular weight is 184 g/mol. The fourth-order valence-corrected chi connectivity index (χ4v) is 0.959. The molecule has 9 nitrogen and oxygen atoms in total. The van der Waals surface area contributed by atoms with Gasteiger partial charge in [-0.2, -0.15) is 5.01 Å². The van der Waals surface area contributed by atoms with Gasteiger partial charge in [0.2, 0.25) is 0 Å². The van der Waals surface area contributed by atoms with E-state index in [0.717, 1.165) is 5.01 Å². The van der Waals surface area contributed by atoms with Gasteiger partial charge in [-0.25, -0.2) is 14.9 Å². The van der Waals surface area contributed by atoms with Gasteiger partial charge in [-0.3, -0.25) is 10.7 Å². The molecule has 0 radical (unpaired) electrons. The number of hydrazone groups is 1. The Balaban J connectivity index is 2.34. The van der Waals surface area contributed by atoms with Crippen LogP contribution in [0.3, 0.4) is 0 Å². The highest BCUT2D eigenvalue weighted by atomic mass is 16.7. The van der Waals surface area contributed by atoms with Crippen LogP contribution in [0.2, 0.25) is 0 Å². The van der Waals surface area contributed by atoms with Crippen LogP contribution in [0.15, 0.2) is 17.5 Å². The van der Waals surface area contributed by atoms with E-state index in [9.17, 15) is 14.9 Å². The lowest BCUT2D eigenvalue weighted by atomic mass is 10.8. The first-order valence-corrected chi connectivity index (χ1v) is 3.24. The first kappa shape index (κ1) is 7.34. The number of carbonyl (C=O) groups excluding carboxylic acids is 1. The summed E-state index contributed by atoms with van der Waals surface area (Å²) in [6, 6.07) is -0.850. The smallest absolute Gasteiger partial charge is 0.281 e. The van der Waals surface area contributed by atoms with Crippen LogP contribution in [0.5, 0.6) is 0 Å². The van der Waals surface area contributed by atoms with Gasteiger partial charge < -0.3 is 0 Å². The molecule has 0 aromatic heterocycles. The Hall–Kier alpha value is -2.32. The average Bonchev–Trinajstić information content (AvgIpc) is 2.39. The first-order chi connectivity index (χ1) is 6.20. The second kappa shape index (κ2) is 2.33. The first-order valence-electron chi connectivity index (χ1n) is 3.24. The normalized spacial score (nSPS) is 19.1. The van der Waals surface area contributed by atoms with Crippen molar-refractivity contribution >= 4 is 12.0 Å². The summed E-state index contributed by atoms with van der Waals surface area (Å²) in [5, 5.41) is 16.6. The molecule has 0 saturated carbocycles. The Morgan fingerprint density at radius 3 is 3.08 bits per heavy atom. The molecule has 1 saturated heterocycles. The third kappa shape index (κ3) is 0.937. The van der Waals surface area contributed by atoms with Crippen molar-refractivity contribution in [3.8, 4) is 0 Å². The fraction of sp³-hybridized carbons (Fsp3) is 0. The summed E-state index contributed by atoms with van der Waals surface area (Å²) in [6.45, 7) is 0. The molecule has 0 spiro atoms. The summed E-state index contributed by atoms with van der Waals surface area (Å²) < 4.78 is 0. The van der Waals surface area contributed by atoms with Crippen LogP contribution in [0, 0.1) is 10.1 Å². The lowest BCUT2D eigenvalue weighted by Crippen LogP contribution is -2.42. The molecule has 0 atom stereocenters. The number of rotatable bonds is 1. The summed E-state index contributed by atoms with van der Waals surface area (Å²) in [5.74, 6) is 0.0733. The van der Waals surface area contributed by atoms with Crippen molar-refractivity contribution in [1.82, 2.24) is 20.9 Å². The molecule has 2 aliphatic rings. The minimum atomic E-state index is -0.850. The molecule has 0 aliphatic carbocycles. The fourth-order valence-electron chi connectivity index (χ4n) is 0.959. The van der Waals surface area contributed by atoms with E-state index in [-0.39, 0.29) is 5.96 Å². The number of nitrogens with zero attached hydrogens (tertiary/aromatic N) is 4. The number of nitrogens with one attached hydrogen (secondary N) is 2. The van der Waals surface area contributed by atoms with Gasteiger partial charge in [0, 0.05) is 6.20 Å². The summed E-state index contributed by atoms with van der Waals surface area (Å²) in [7, 11) is 0. The van der Waals surface area contributed by atoms with Gasteiger partial charge in [0.05, 0.1) is 11.3 Å². The van der Waals surface area contributed by atoms with Crippen LogP contribution in [-0.4, -0.2) is 27.1 Å². The van der Waals surface area contributed by atoms with Crippen molar-refractivity contribution in [2.45, 2.75) is 0 Å². The lowest BCUT2D eigenvalue weighted by molar-refractivity contribution is -0.661. The van der Waals surface area contributed by atoms with Gasteiger partial charge in [-0.15, -0.1) is 5.10 Å². The Kier molecular flexibility index (Phi) is 1.32. The molecule has 13 heavy (non-hydrogen) atoms. The minimum Gasteiger partial charge on any atom is -0.281 e. The van der Waals surface area contributed by atoms with Crippen molar-refractivity contribution in [2.75, 3.05) is 0 Å². The van der Waals surface area contributed by atoms with Crippen LogP contribution in [0.4, 0.5) is 4.79 Å². The van der Waals surface area contributed by atoms with Gasteiger partial charge in [0.1, 0.15) is 0 Å². The maximum Gasteiger partial charge on any atom is 0.408 e. The van der Waals surface area contributed by atoms with E-state index in [0.29, 0.717) is 5.12 Å². The quantitative estimate of drug-likeness (QED) is 0.392. The predicted molar refractivity (Wildman–Crippen MR) is 38.9 cm³/mol. The van der Waals surface area contributed by atoms with Crippen LogP contribution >= 0.6 is 0 Å². The van der Waals surface area contributed by atoms with E-state index in [1.165, 1.54) is 12.4 Å². The van der Waals surface area contributed by atoms with E-state index < -0.39 is 11.1 Å². The van der Waals surface area contributed by atoms with Crippen LogP contribution < -0.4 is 10.7 Å². The van der Waals surface area contributed by atoms with E-state index in [1.807, 2.05) is 0 Å². The van der Waals surface area contributed by atoms with Crippen molar-refractivity contribution < 1.29 is 9.83 Å². The largest absolute Gasteiger partial charge is 0.408 e. The highest BCUT2D eigenvalue weighted by molar-refractivity contribution is 6.01. The monoisotopic (exact) mass is 184 g/mol. The third-order valence-corrected chi connectivity index (χ3v) is 1.44. The van der Waals surface area contributed by atoms with Crippen LogP contribution in [-0.2, 0) is 0 Å². The number of urea groups is 1. The number of hydrogen-bond donors (Lipinski definition) is 2. The van der Waals surface area contributed by atoms with Gasteiger partial charge >= 0.3 is 6.03 Å². The standard InChI is InChI=1S/C4H4N6O3/c11-4-6-3-7-5-1-2-8(3)9(4)10(12)13/h1-2,5H,(H,6,7,11). The molecule has 0 aromatic rings. The van der Waals surface area contributed by atoms with Crippen LogP contribution in [0.1, 0.15) is 0 Å². The molecule has 0 bridgehead atoms. The Morgan fingerprint density at radius 2 is 2.38 bits per heavy atom. The third-order valence-electron chi connectivity index (χ3n) is 1.44. The Morgan fingerprint density at radius 1 is 1.62 bits per heavy atom. The van der Waals surface area contributed by atoms with Gasteiger partial charge in [-0.05, 0) is 0 Å². The lowest BCUT2D eigenvalue weighted by Gasteiger charge is -2.15. The van der Waals surface area contributed by atoms with Crippen molar-refractivity contribution in [3.05, 3.63) is 22.5 Å². The van der Waals surface area contributed by atoms with Crippen molar-refractivity contribution in [2.24, 2.45) is 5.10 Å². The zero-order chi connectivity index (χ0) is 9.42. The second-order valence-electron chi connectivity index (χ2n) is 2.18. The molecular formula is C4H4N6O3. The zero-order valence-electron chi connectivity index (χ0n) is 6.17. The Bertz CT molecular complexity index is 335. The second-order valence-corrected chi connectivity index (χ2v) is 2.18. The maximum absolute atomic E-state index is 11.0. The highest BCUT2D eigenvalue weighted by Crippen LogP contribution is 2.09. The molecule has 0 aromatic carbocycles. The topological polar surface area (TPSA) is 103 Å². The number of hydrazine groups is 2. The minimum absolute atomic E-state index is 0.0733. The number of guanidine groups is 1. The molecule has 2 rings (SSSR count). The van der Waals surface area contributed by atoms with Crippen molar-refractivity contribution in [1.29, 1.82) is 0 Å². The summed E-state index contributed by atoms with van der Waals surface area (Å²) in [6.07, 6.45) is 2.67. The van der Waals surface area contributed by atoms with Gasteiger partial charge in [0.15, 0.2) is 5.03 Å². The van der Waals surface area contributed by atoms with E-state index in [2.05, 4.69) is 15.8 Å². The Labute approximate surface area is 71.4 Å². The SMILES string of the molecule is O=C1NC2=NNC=CN2N1[N+](=O)[O-]. The number of nitro groups is 1. The van der Waals surface area contributed by atoms with Gasteiger partial charge in [-0.1, -0.05) is 0 Å². The summed E-state index contributed by atoms with van der Waals surface area (Å²) in [4.78, 5) is 21.4. The predicted octanol–water partition coefficient (Wildman–Crippen LogP) is -1.23. The van der Waals surface area contributed by atoms with Crippen LogP contribution in [0.25, 0.3) is 0 Å². The van der Waals surface area contributed by atoms with Gasteiger partial charge in [0.25, 0.3) is 5.96 Å². The zero-order valence-corrected chi connectivity index (χ0v) is 6.17. The van der Waals surface area contributed by atoms with E-state index in [4.69, 9.17) is 0 Å². The molecule has 0 unspecified atom stereocenters.